The molecule has 0 atom stereocenters. The Hall–Kier alpha value is -3.84. The lowest BCUT2D eigenvalue weighted by atomic mass is 10.1. The van der Waals surface area contributed by atoms with Crippen LogP contribution >= 0.6 is 11.6 Å². The van der Waals surface area contributed by atoms with Gasteiger partial charge in [0.1, 0.15) is 11.3 Å². The summed E-state index contributed by atoms with van der Waals surface area (Å²) in [6.45, 7) is 6.80. The van der Waals surface area contributed by atoms with Crippen molar-refractivity contribution in [3.8, 4) is 11.3 Å². The van der Waals surface area contributed by atoms with Crippen molar-refractivity contribution in [2.75, 3.05) is 0 Å². The van der Waals surface area contributed by atoms with Gasteiger partial charge in [0, 0.05) is 35.2 Å². The second-order valence-electron chi connectivity index (χ2n) is 8.37. The maximum absolute atomic E-state index is 10.9. The van der Waals surface area contributed by atoms with E-state index < -0.39 is 4.92 Å². The molecule has 2 aromatic carbocycles. The first-order chi connectivity index (χ1) is 16.3. The molecule has 0 aliphatic carbocycles. The summed E-state index contributed by atoms with van der Waals surface area (Å²) in [5.74, 6) is 0.994. The number of nitrogens with zero attached hydrogens (tertiary/aromatic N) is 5. The minimum atomic E-state index is -0.419. The summed E-state index contributed by atoms with van der Waals surface area (Å²) in [6.07, 6.45) is 0.809. The van der Waals surface area contributed by atoms with Gasteiger partial charge in [0.05, 0.1) is 27.7 Å². The fourth-order valence-electron chi connectivity index (χ4n) is 4.30. The third-order valence-electron chi connectivity index (χ3n) is 5.95. The highest BCUT2D eigenvalue weighted by atomic mass is 35.5. The second-order valence-corrected chi connectivity index (χ2v) is 8.77. The van der Waals surface area contributed by atoms with Crippen LogP contribution < -0.4 is 0 Å². The van der Waals surface area contributed by atoms with Crippen LogP contribution in [0.15, 0.2) is 54.6 Å². The molecule has 34 heavy (non-hydrogen) atoms. The molecule has 7 nitrogen and oxygen atoms in total. The molecule has 0 spiro atoms. The predicted octanol–water partition coefficient (Wildman–Crippen LogP) is 6.44. The lowest BCUT2D eigenvalue weighted by molar-refractivity contribution is -0.384. The fraction of sp³-hybridized carbons (Fsp3) is 0.192. The highest BCUT2D eigenvalue weighted by Gasteiger charge is 2.15. The summed E-state index contributed by atoms with van der Waals surface area (Å²) in [7, 11) is 0. The number of benzene rings is 2. The van der Waals surface area contributed by atoms with Crippen LogP contribution in [0.4, 0.5) is 5.69 Å². The SMILES string of the molecule is CCc1nc2c(C)cc(C)nc2n1Cc1ccc2nc(-c3ccc([N+](=O)[O-])cc3)cc(Cl)c2c1. The summed E-state index contributed by atoms with van der Waals surface area (Å²) in [6, 6.07) is 16.2. The monoisotopic (exact) mass is 471 g/mol. The molecule has 3 heterocycles. The maximum atomic E-state index is 10.9. The molecule has 0 saturated carbocycles. The van der Waals surface area contributed by atoms with Gasteiger partial charge in [-0.15, -0.1) is 0 Å². The van der Waals surface area contributed by atoms with E-state index >= 15 is 0 Å². The lowest BCUT2D eigenvalue weighted by Gasteiger charge is -2.11. The molecule has 0 unspecified atom stereocenters. The Morgan fingerprint density at radius 2 is 1.76 bits per heavy atom. The van der Waals surface area contributed by atoms with Crippen LogP contribution in [-0.2, 0) is 13.0 Å². The zero-order valence-electron chi connectivity index (χ0n) is 19.0. The predicted molar refractivity (Wildman–Crippen MR) is 134 cm³/mol. The highest BCUT2D eigenvalue weighted by Crippen LogP contribution is 2.30. The molecule has 0 bridgehead atoms. The van der Waals surface area contributed by atoms with E-state index in [9.17, 15) is 10.1 Å². The topological polar surface area (TPSA) is 86.7 Å². The van der Waals surface area contributed by atoms with Gasteiger partial charge in [0.15, 0.2) is 5.65 Å². The van der Waals surface area contributed by atoms with Crippen LogP contribution in [0.5, 0.6) is 0 Å². The third-order valence-corrected chi connectivity index (χ3v) is 6.27. The summed E-state index contributed by atoms with van der Waals surface area (Å²) >= 11 is 6.66. The Bertz CT molecular complexity index is 1570. The molecule has 0 fully saturated rings. The fourth-order valence-corrected chi connectivity index (χ4v) is 4.55. The zero-order chi connectivity index (χ0) is 24.0. The Morgan fingerprint density at radius 3 is 2.47 bits per heavy atom. The minimum Gasteiger partial charge on any atom is -0.308 e. The van der Waals surface area contributed by atoms with Crippen molar-refractivity contribution in [3.05, 3.63) is 92.4 Å². The van der Waals surface area contributed by atoms with Crippen molar-refractivity contribution >= 4 is 39.4 Å². The van der Waals surface area contributed by atoms with Gasteiger partial charge in [-0.3, -0.25) is 10.1 Å². The van der Waals surface area contributed by atoms with E-state index in [0.717, 1.165) is 56.7 Å². The average Bonchev–Trinajstić information content (AvgIpc) is 3.17. The normalized spacial score (nSPS) is 11.4. The number of rotatable bonds is 5. The van der Waals surface area contributed by atoms with Gasteiger partial charge in [-0.25, -0.2) is 15.0 Å². The van der Waals surface area contributed by atoms with Gasteiger partial charge >= 0.3 is 0 Å². The van der Waals surface area contributed by atoms with Crippen LogP contribution in [0.3, 0.4) is 0 Å². The number of halogens is 1. The Balaban J connectivity index is 1.54. The molecule has 0 aliphatic rings. The average molecular weight is 472 g/mol. The summed E-state index contributed by atoms with van der Waals surface area (Å²) in [4.78, 5) is 24.8. The van der Waals surface area contributed by atoms with Gasteiger partial charge in [0.2, 0.25) is 0 Å². The van der Waals surface area contributed by atoms with Gasteiger partial charge in [0.25, 0.3) is 5.69 Å². The maximum Gasteiger partial charge on any atom is 0.269 e. The Kier molecular flexibility index (Phi) is 5.49. The quantitative estimate of drug-likeness (QED) is 0.217. The number of aromatic nitrogens is 4. The van der Waals surface area contributed by atoms with Crippen molar-refractivity contribution in [1.29, 1.82) is 0 Å². The molecule has 8 heteroatoms. The molecule has 0 N–H and O–H groups in total. The van der Waals surface area contributed by atoms with E-state index in [0.29, 0.717) is 17.3 Å². The van der Waals surface area contributed by atoms with E-state index in [4.69, 9.17) is 26.6 Å². The van der Waals surface area contributed by atoms with Crippen molar-refractivity contribution < 1.29 is 4.92 Å². The van der Waals surface area contributed by atoms with E-state index in [1.807, 2.05) is 19.1 Å². The zero-order valence-corrected chi connectivity index (χ0v) is 19.8. The van der Waals surface area contributed by atoms with Crippen molar-refractivity contribution in [1.82, 2.24) is 19.5 Å². The summed E-state index contributed by atoms with van der Waals surface area (Å²) in [5.41, 5.74) is 7.26. The smallest absolute Gasteiger partial charge is 0.269 e. The number of pyridine rings is 2. The van der Waals surface area contributed by atoms with Gasteiger partial charge in [-0.05, 0) is 61.4 Å². The van der Waals surface area contributed by atoms with Crippen molar-refractivity contribution in [2.45, 2.75) is 33.7 Å². The number of nitro benzene ring substituents is 1. The summed E-state index contributed by atoms with van der Waals surface area (Å²) in [5, 5.41) is 12.4. The van der Waals surface area contributed by atoms with Gasteiger partial charge in [-0.1, -0.05) is 24.6 Å². The number of hydrogen-bond donors (Lipinski definition) is 0. The second kappa shape index (κ2) is 8.50. The first-order valence-electron chi connectivity index (χ1n) is 11.0. The van der Waals surface area contributed by atoms with Crippen LogP contribution in [0.25, 0.3) is 33.3 Å². The Morgan fingerprint density at radius 1 is 1.00 bits per heavy atom. The first kappa shape index (κ1) is 22.0. The number of hydrogen-bond acceptors (Lipinski definition) is 5. The minimum absolute atomic E-state index is 0.0404. The highest BCUT2D eigenvalue weighted by molar-refractivity contribution is 6.35. The van der Waals surface area contributed by atoms with Crippen LogP contribution in [0.2, 0.25) is 5.02 Å². The van der Waals surface area contributed by atoms with Crippen LogP contribution in [0, 0.1) is 24.0 Å². The number of aryl methyl sites for hydroxylation is 3. The molecule has 5 aromatic rings. The standard InChI is InChI=1S/C26H22ClN5O2/c1-4-24-30-25-15(2)11-16(3)28-26(25)31(24)14-17-5-10-22-20(12-17)21(27)13-23(29-22)18-6-8-19(9-7-18)32(33)34/h5-13H,4,14H2,1-3H3. The first-order valence-corrected chi connectivity index (χ1v) is 11.4. The molecule has 3 aromatic heterocycles. The molecular formula is C26H22ClN5O2. The largest absolute Gasteiger partial charge is 0.308 e. The van der Waals surface area contributed by atoms with E-state index in [1.165, 1.54) is 12.1 Å². The lowest BCUT2D eigenvalue weighted by Crippen LogP contribution is -2.06. The Labute approximate surface area is 201 Å². The number of fused-ring (bicyclic) bond motifs is 2. The van der Waals surface area contributed by atoms with E-state index in [-0.39, 0.29) is 5.69 Å². The molecule has 0 amide bonds. The van der Waals surface area contributed by atoms with Crippen molar-refractivity contribution in [2.24, 2.45) is 0 Å². The molecule has 5 rings (SSSR count). The summed E-state index contributed by atoms with van der Waals surface area (Å²) < 4.78 is 2.17. The van der Waals surface area contributed by atoms with Gasteiger partial charge < -0.3 is 4.57 Å². The number of imidazole rings is 1. The van der Waals surface area contributed by atoms with Gasteiger partial charge in [-0.2, -0.15) is 0 Å². The van der Waals surface area contributed by atoms with Crippen molar-refractivity contribution in [3.63, 3.8) is 0 Å². The van der Waals surface area contributed by atoms with E-state index in [2.05, 4.69) is 30.5 Å². The van der Waals surface area contributed by atoms with Crippen LogP contribution in [-0.4, -0.2) is 24.4 Å². The van der Waals surface area contributed by atoms with Crippen LogP contribution in [0.1, 0.15) is 29.6 Å². The molecule has 170 valence electrons. The number of non-ortho nitro benzene ring substituents is 1. The van der Waals surface area contributed by atoms with E-state index in [1.54, 1.807) is 18.2 Å². The molecule has 0 radical (unpaired) electrons. The number of nitro groups is 1. The molecule has 0 aliphatic heterocycles. The molecule has 0 saturated heterocycles. The third kappa shape index (κ3) is 3.88. The molecular weight excluding hydrogens is 450 g/mol.